The van der Waals surface area contributed by atoms with Crippen LogP contribution in [-0.4, -0.2) is 78.5 Å². The van der Waals surface area contributed by atoms with Crippen LogP contribution in [-0.2, 0) is 14.2 Å². The Bertz CT molecular complexity index is 535. The fourth-order valence-electron chi connectivity index (χ4n) is 2.94. The van der Waals surface area contributed by atoms with Crippen molar-refractivity contribution in [2.45, 2.75) is 18.0 Å². The fraction of sp³-hybridized carbons (Fsp3) is 0.562. The van der Waals surface area contributed by atoms with Crippen molar-refractivity contribution in [3.05, 3.63) is 35.9 Å². The number of aliphatic hydroxyl groups is 2. The zero-order valence-corrected chi connectivity index (χ0v) is 12.8. The van der Waals surface area contributed by atoms with Gasteiger partial charge in [-0.1, -0.05) is 18.2 Å². The molecule has 1 aromatic rings. The lowest BCUT2D eigenvalue weighted by molar-refractivity contribution is -0.353. The minimum Gasteiger partial charge on any atom is -0.394 e. The van der Waals surface area contributed by atoms with Crippen molar-refractivity contribution in [2.75, 3.05) is 39.5 Å². The summed E-state index contributed by atoms with van der Waals surface area (Å²) in [5.74, 6) is -1.30. The molecular weight excluding hydrogens is 302 g/mol. The van der Waals surface area contributed by atoms with Gasteiger partial charge in [-0.3, -0.25) is 4.79 Å². The van der Waals surface area contributed by atoms with E-state index in [2.05, 4.69) is 0 Å². The molecule has 126 valence electrons. The van der Waals surface area contributed by atoms with E-state index in [-0.39, 0.29) is 45.4 Å². The fourth-order valence-corrected chi connectivity index (χ4v) is 2.94. The van der Waals surface area contributed by atoms with Crippen molar-refractivity contribution < 1.29 is 29.2 Å². The highest BCUT2D eigenvalue weighted by Crippen LogP contribution is 2.29. The van der Waals surface area contributed by atoms with E-state index in [1.54, 1.807) is 29.2 Å². The van der Waals surface area contributed by atoms with Gasteiger partial charge in [-0.2, -0.15) is 0 Å². The third-order valence-electron chi connectivity index (χ3n) is 3.96. The topological polar surface area (TPSA) is 88.5 Å². The van der Waals surface area contributed by atoms with Crippen molar-refractivity contribution in [1.82, 2.24) is 4.90 Å². The van der Waals surface area contributed by atoms with Crippen molar-refractivity contribution in [3.8, 4) is 0 Å². The Kier molecular flexibility index (Phi) is 4.93. The van der Waals surface area contributed by atoms with Gasteiger partial charge in [0.15, 0.2) is 0 Å². The number of hydrogen-bond acceptors (Lipinski definition) is 6. The monoisotopic (exact) mass is 323 g/mol. The average molecular weight is 323 g/mol. The molecule has 0 unspecified atom stereocenters. The first-order valence-electron chi connectivity index (χ1n) is 7.65. The van der Waals surface area contributed by atoms with Gasteiger partial charge in [-0.25, -0.2) is 0 Å². The van der Waals surface area contributed by atoms with Crippen LogP contribution in [0.4, 0.5) is 0 Å². The van der Waals surface area contributed by atoms with Crippen molar-refractivity contribution >= 4 is 5.91 Å². The second kappa shape index (κ2) is 6.94. The maximum Gasteiger partial charge on any atom is 0.254 e. The summed E-state index contributed by atoms with van der Waals surface area (Å²) >= 11 is 0. The Hall–Kier alpha value is -1.51. The van der Waals surface area contributed by atoms with Crippen LogP contribution in [0.2, 0.25) is 0 Å². The summed E-state index contributed by atoms with van der Waals surface area (Å²) in [4.78, 5) is 14.3. The van der Waals surface area contributed by atoms with Gasteiger partial charge in [0.1, 0.15) is 18.8 Å². The number of amides is 1. The summed E-state index contributed by atoms with van der Waals surface area (Å²) in [5, 5.41) is 18.8. The Labute approximate surface area is 134 Å². The molecule has 7 nitrogen and oxygen atoms in total. The van der Waals surface area contributed by atoms with E-state index in [1.807, 2.05) is 6.07 Å². The normalized spacial score (nSPS) is 31.3. The Balaban J connectivity index is 1.80. The Morgan fingerprint density at radius 2 is 1.87 bits per heavy atom. The number of rotatable bonds is 3. The third kappa shape index (κ3) is 3.54. The molecule has 2 aliphatic rings. The van der Waals surface area contributed by atoms with Crippen LogP contribution in [0.15, 0.2) is 30.3 Å². The molecule has 2 aliphatic heterocycles. The number of ether oxygens (including phenoxy) is 3. The molecule has 0 radical (unpaired) electrons. The van der Waals surface area contributed by atoms with Crippen molar-refractivity contribution in [2.24, 2.45) is 0 Å². The lowest BCUT2D eigenvalue weighted by atomic mass is 10.1. The van der Waals surface area contributed by atoms with E-state index < -0.39 is 18.0 Å². The number of hydrogen-bond donors (Lipinski definition) is 2. The summed E-state index contributed by atoms with van der Waals surface area (Å²) in [7, 11) is 0. The molecule has 3 rings (SSSR count). The van der Waals surface area contributed by atoms with E-state index in [0.717, 1.165) is 0 Å². The van der Waals surface area contributed by atoms with Crippen LogP contribution in [0.5, 0.6) is 0 Å². The highest BCUT2D eigenvalue weighted by molar-refractivity contribution is 5.94. The number of nitrogens with zero attached hydrogens (tertiary/aromatic N) is 1. The van der Waals surface area contributed by atoms with Crippen LogP contribution in [0.1, 0.15) is 10.4 Å². The quantitative estimate of drug-likeness (QED) is 0.789. The molecular formula is C16H21NO6. The zero-order chi connectivity index (χ0) is 16.3. The highest BCUT2D eigenvalue weighted by Gasteiger charge is 2.47. The van der Waals surface area contributed by atoms with Crippen LogP contribution in [0.25, 0.3) is 0 Å². The summed E-state index contributed by atoms with van der Waals surface area (Å²) < 4.78 is 17.1. The van der Waals surface area contributed by atoms with Gasteiger partial charge in [0.25, 0.3) is 5.91 Å². The van der Waals surface area contributed by atoms with Crippen molar-refractivity contribution in [1.29, 1.82) is 0 Å². The molecule has 2 heterocycles. The van der Waals surface area contributed by atoms with Gasteiger partial charge < -0.3 is 29.3 Å². The largest absolute Gasteiger partial charge is 0.394 e. The molecule has 2 fully saturated rings. The van der Waals surface area contributed by atoms with Crippen LogP contribution in [0, 0.1) is 0 Å². The Morgan fingerprint density at radius 1 is 1.17 bits per heavy atom. The predicted octanol–water partition coefficient (Wildman–Crippen LogP) is -0.376. The number of benzene rings is 1. The average Bonchev–Trinajstić information content (AvgIpc) is 2.61. The first kappa shape index (κ1) is 16.4. The first-order valence-corrected chi connectivity index (χ1v) is 7.65. The van der Waals surface area contributed by atoms with Crippen LogP contribution >= 0.6 is 0 Å². The Morgan fingerprint density at radius 3 is 2.57 bits per heavy atom. The lowest BCUT2D eigenvalue weighted by Gasteiger charge is -2.48. The summed E-state index contributed by atoms with van der Waals surface area (Å²) in [6, 6.07) is 8.93. The molecule has 1 amide bonds. The molecule has 0 bridgehead atoms. The molecule has 23 heavy (non-hydrogen) atoms. The number of morpholine rings is 1. The second-order valence-corrected chi connectivity index (χ2v) is 5.82. The van der Waals surface area contributed by atoms with E-state index >= 15 is 0 Å². The SMILES string of the molecule is O=C(c1ccccc1)N1C[C@H](CO)O[C@]2(COC[C@@H](CO)O2)C1. The van der Waals surface area contributed by atoms with Gasteiger partial charge in [0.05, 0.1) is 26.4 Å². The summed E-state index contributed by atoms with van der Waals surface area (Å²) in [6.45, 7) is 0.471. The second-order valence-electron chi connectivity index (χ2n) is 5.82. The van der Waals surface area contributed by atoms with E-state index in [1.165, 1.54) is 0 Å². The minimum atomic E-state index is -1.15. The van der Waals surface area contributed by atoms with Gasteiger partial charge >= 0.3 is 0 Å². The zero-order valence-electron chi connectivity index (χ0n) is 12.8. The molecule has 2 saturated heterocycles. The van der Waals surface area contributed by atoms with Gasteiger partial charge in [0.2, 0.25) is 5.79 Å². The highest BCUT2D eigenvalue weighted by atomic mass is 16.7. The molecule has 2 N–H and O–H groups in total. The van der Waals surface area contributed by atoms with Crippen molar-refractivity contribution in [3.63, 3.8) is 0 Å². The number of carbonyl (C=O) groups excluding carboxylic acids is 1. The molecule has 3 atom stereocenters. The van der Waals surface area contributed by atoms with E-state index in [4.69, 9.17) is 14.2 Å². The lowest BCUT2D eigenvalue weighted by Crippen LogP contribution is -2.64. The number of aliphatic hydroxyl groups excluding tert-OH is 2. The molecule has 0 aliphatic carbocycles. The maximum atomic E-state index is 12.7. The van der Waals surface area contributed by atoms with Crippen LogP contribution in [0.3, 0.4) is 0 Å². The van der Waals surface area contributed by atoms with E-state index in [9.17, 15) is 15.0 Å². The molecule has 7 heteroatoms. The number of carbonyl (C=O) groups is 1. The smallest absolute Gasteiger partial charge is 0.254 e. The molecule has 1 spiro atoms. The molecule has 1 aromatic carbocycles. The first-order chi connectivity index (χ1) is 11.2. The third-order valence-corrected chi connectivity index (χ3v) is 3.96. The van der Waals surface area contributed by atoms with Gasteiger partial charge in [-0.05, 0) is 12.1 Å². The van der Waals surface area contributed by atoms with Gasteiger partial charge in [-0.15, -0.1) is 0 Å². The maximum absolute atomic E-state index is 12.7. The standard InChI is InChI=1S/C16H21NO6/c18-7-13-6-17(15(20)12-4-2-1-3-5-12)10-16(22-13)11-21-9-14(8-19)23-16/h1-5,13-14,18-19H,6-11H2/t13-,14-,16-/m1/s1. The summed E-state index contributed by atoms with van der Waals surface area (Å²) in [6.07, 6.45) is -1.06. The molecule has 0 aromatic heterocycles. The summed E-state index contributed by atoms with van der Waals surface area (Å²) in [5.41, 5.74) is 0.566. The molecule has 0 saturated carbocycles. The predicted molar refractivity (Wildman–Crippen MR) is 79.8 cm³/mol. The van der Waals surface area contributed by atoms with Gasteiger partial charge in [0, 0.05) is 12.1 Å². The minimum absolute atomic E-state index is 0.151. The van der Waals surface area contributed by atoms with Crippen LogP contribution < -0.4 is 0 Å². The van der Waals surface area contributed by atoms with E-state index in [0.29, 0.717) is 5.56 Å².